The summed E-state index contributed by atoms with van der Waals surface area (Å²) in [5.74, 6) is 2.17. The van der Waals surface area contributed by atoms with E-state index in [1.807, 2.05) is 0 Å². The van der Waals surface area contributed by atoms with Gasteiger partial charge in [0.25, 0.3) is 0 Å². The van der Waals surface area contributed by atoms with Crippen LogP contribution in [0.3, 0.4) is 0 Å². The molecule has 0 aliphatic heterocycles. The van der Waals surface area contributed by atoms with Crippen LogP contribution in [0.2, 0.25) is 0 Å². The fraction of sp³-hybridized carbons (Fsp3) is 0.263. The summed E-state index contributed by atoms with van der Waals surface area (Å²) in [6.45, 7) is 2.80. The number of unbranched alkanes of at least 4 members (excludes halogenated alkanes) is 2. The van der Waals surface area contributed by atoms with Crippen LogP contribution in [-0.4, -0.2) is 6.61 Å². The molecular weight excluding hydrogens is 301 g/mol. The van der Waals surface area contributed by atoms with E-state index in [0.29, 0.717) is 12.2 Å². The monoisotopic (exact) mass is 318 g/mol. The standard InChI is InChI=1S/C19H17F3O/c1-2-3-4-11-23-16-9-7-14(8-10-16)5-6-15-12-17(20)19(22)18(21)13-15/h7-10,12-13H,2-4,11H2,1H3. The molecule has 0 aromatic heterocycles. The maximum Gasteiger partial charge on any atom is 0.194 e. The van der Waals surface area contributed by atoms with Gasteiger partial charge in [-0.15, -0.1) is 0 Å². The second-order valence-corrected chi connectivity index (χ2v) is 5.08. The van der Waals surface area contributed by atoms with Crippen LogP contribution in [0.1, 0.15) is 37.3 Å². The van der Waals surface area contributed by atoms with Gasteiger partial charge in [0.15, 0.2) is 17.5 Å². The van der Waals surface area contributed by atoms with Crippen molar-refractivity contribution in [2.75, 3.05) is 6.61 Å². The molecule has 1 nitrogen and oxygen atoms in total. The third kappa shape index (κ3) is 5.07. The molecule has 0 saturated heterocycles. The molecule has 0 spiro atoms. The van der Waals surface area contributed by atoms with Gasteiger partial charge in [-0.1, -0.05) is 31.6 Å². The van der Waals surface area contributed by atoms with Crippen LogP contribution in [0.5, 0.6) is 5.75 Å². The molecule has 0 radical (unpaired) electrons. The highest BCUT2D eigenvalue weighted by molar-refractivity contribution is 5.44. The number of halogens is 3. The van der Waals surface area contributed by atoms with Crippen molar-refractivity contribution >= 4 is 0 Å². The zero-order chi connectivity index (χ0) is 16.7. The van der Waals surface area contributed by atoms with Crippen molar-refractivity contribution in [2.24, 2.45) is 0 Å². The first-order chi connectivity index (χ1) is 11.1. The molecule has 0 heterocycles. The summed E-state index contributed by atoms with van der Waals surface area (Å²) in [5, 5.41) is 0. The van der Waals surface area contributed by atoms with Crippen molar-refractivity contribution < 1.29 is 17.9 Å². The minimum Gasteiger partial charge on any atom is -0.494 e. The lowest BCUT2D eigenvalue weighted by Crippen LogP contribution is -1.96. The summed E-state index contributed by atoms with van der Waals surface area (Å²) >= 11 is 0. The number of rotatable bonds is 5. The second kappa shape index (κ2) is 8.28. The Morgan fingerprint density at radius 3 is 2.09 bits per heavy atom. The van der Waals surface area contributed by atoms with E-state index in [2.05, 4.69) is 18.8 Å². The third-order valence-electron chi connectivity index (χ3n) is 3.21. The largest absolute Gasteiger partial charge is 0.494 e. The van der Waals surface area contributed by atoms with Crippen molar-refractivity contribution in [2.45, 2.75) is 26.2 Å². The molecule has 2 aromatic rings. The van der Waals surface area contributed by atoms with Crippen LogP contribution in [0.25, 0.3) is 0 Å². The molecule has 0 bridgehead atoms. The predicted molar refractivity (Wildman–Crippen MR) is 83.8 cm³/mol. The first-order valence-corrected chi connectivity index (χ1v) is 7.49. The van der Waals surface area contributed by atoms with Gasteiger partial charge in [-0.25, -0.2) is 13.2 Å². The van der Waals surface area contributed by atoms with Crippen molar-refractivity contribution in [3.05, 3.63) is 65.0 Å². The molecule has 120 valence electrons. The minimum atomic E-state index is -1.49. The zero-order valence-electron chi connectivity index (χ0n) is 12.8. The van der Waals surface area contributed by atoms with Crippen molar-refractivity contribution in [1.82, 2.24) is 0 Å². The van der Waals surface area contributed by atoms with Gasteiger partial charge in [0.2, 0.25) is 0 Å². The maximum absolute atomic E-state index is 13.1. The Labute approximate surface area is 134 Å². The van der Waals surface area contributed by atoms with E-state index >= 15 is 0 Å². The number of ether oxygens (including phenoxy) is 1. The van der Waals surface area contributed by atoms with Gasteiger partial charge in [-0.3, -0.25) is 0 Å². The molecule has 0 aliphatic rings. The van der Waals surface area contributed by atoms with Gasteiger partial charge in [0.05, 0.1) is 6.61 Å². The van der Waals surface area contributed by atoms with Gasteiger partial charge < -0.3 is 4.74 Å². The topological polar surface area (TPSA) is 9.23 Å². The Bertz CT molecular complexity index is 689. The Balaban J connectivity index is 2.01. The Hall–Kier alpha value is -2.41. The molecule has 0 amide bonds. The maximum atomic E-state index is 13.1. The number of hydrogen-bond donors (Lipinski definition) is 0. The molecule has 0 fully saturated rings. The molecule has 0 saturated carbocycles. The van der Waals surface area contributed by atoms with Crippen LogP contribution < -0.4 is 4.74 Å². The van der Waals surface area contributed by atoms with E-state index < -0.39 is 17.5 Å². The van der Waals surface area contributed by atoms with Gasteiger partial charge in [-0.2, -0.15) is 0 Å². The summed E-state index contributed by atoms with van der Waals surface area (Å²) in [7, 11) is 0. The summed E-state index contributed by atoms with van der Waals surface area (Å²) < 4.78 is 44.6. The summed E-state index contributed by atoms with van der Waals surface area (Å²) in [4.78, 5) is 0. The Morgan fingerprint density at radius 1 is 0.870 bits per heavy atom. The van der Waals surface area contributed by atoms with Crippen molar-refractivity contribution in [3.8, 4) is 17.6 Å². The van der Waals surface area contributed by atoms with Crippen molar-refractivity contribution in [1.29, 1.82) is 0 Å². The fourth-order valence-electron chi connectivity index (χ4n) is 1.95. The highest BCUT2D eigenvalue weighted by Crippen LogP contribution is 2.14. The van der Waals surface area contributed by atoms with Crippen LogP contribution in [0, 0.1) is 29.3 Å². The molecule has 0 unspecified atom stereocenters. The fourth-order valence-corrected chi connectivity index (χ4v) is 1.95. The lowest BCUT2D eigenvalue weighted by atomic mass is 10.1. The number of benzene rings is 2. The molecular formula is C19H17F3O. The highest BCUT2D eigenvalue weighted by atomic mass is 19.2. The molecule has 2 aromatic carbocycles. The predicted octanol–water partition coefficient (Wildman–Crippen LogP) is 5.07. The molecule has 0 aliphatic carbocycles. The second-order valence-electron chi connectivity index (χ2n) is 5.08. The van der Waals surface area contributed by atoms with Crippen LogP contribution >= 0.6 is 0 Å². The van der Waals surface area contributed by atoms with E-state index in [1.165, 1.54) is 0 Å². The van der Waals surface area contributed by atoms with E-state index in [4.69, 9.17) is 4.74 Å². The summed E-state index contributed by atoms with van der Waals surface area (Å²) in [5.41, 5.74) is 0.761. The molecule has 0 N–H and O–H groups in total. The Kier molecular flexibility index (Phi) is 6.10. The quantitative estimate of drug-likeness (QED) is 0.425. The van der Waals surface area contributed by atoms with Gasteiger partial charge >= 0.3 is 0 Å². The first-order valence-electron chi connectivity index (χ1n) is 7.49. The smallest absolute Gasteiger partial charge is 0.194 e. The van der Waals surface area contributed by atoms with E-state index in [1.54, 1.807) is 24.3 Å². The van der Waals surface area contributed by atoms with E-state index in [0.717, 1.165) is 37.1 Å². The van der Waals surface area contributed by atoms with Gasteiger partial charge in [0.1, 0.15) is 5.75 Å². The van der Waals surface area contributed by atoms with Crippen LogP contribution in [0.4, 0.5) is 13.2 Å². The van der Waals surface area contributed by atoms with Crippen molar-refractivity contribution in [3.63, 3.8) is 0 Å². The SMILES string of the molecule is CCCCCOc1ccc(C#Cc2cc(F)c(F)c(F)c2)cc1. The average Bonchev–Trinajstić information content (AvgIpc) is 2.55. The normalized spacial score (nSPS) is 10.1. The van der Waals surface area contributed by atoms with Crippen LogP contribution in [-0.2, 0) is 0 Å². The van der Waals surface area contributed by atoms with Crippen LogP contribution in [0.15, 0.2) is 36.4 Å². The van der Waals surface area contributed by atoms with Gasteiger partial charge in [0, 0.05) is 11.1 Å². The summed E-state index contributed by atoms with van der Waals surface area (Å²) in [6, 6.07) is 8.85. The number of hydrogen-bond acceptors (Lipinski definition) is 1. The molecule has 23 heavy (non-hydrogen) atoms. The molecule has 2 rings (SSSR count). The third-order valence-corrected chi connectivity index (χ3v) is 3.21. The zero-order valence-corrected chi connectivity index (χ0v) is 12.8. The van der Waals surface area contributed by atoms with E-state index in [-0.39, 0.29) is 5.56 Å². The Morgan fingerprint density at radius 2 is 1.48 bits per heavy atom. The van der Waals surface area contributed by atoms with E-state index in [9.17, 15) is 13.2 Å². The summed E-state index contributed by atoms with van der Waals surface area (Å²) in [6.07, 6.45) is 3.29. The lowest BCUT2D eigenvalue weighted by molar-refractivity contribution is 0.306. The first kappa shape index (κ1) is 17.0. The van der Waals surface area contributed by atoms with Gasteiger partial charge in [-0.05, 0) is 42.8 Å². The highest BCUT2D eigenvalue weighted by Gasteiger charge is 2.09. The minimum absolute atomic E-state index is 0.0845. The lowest BCUT2D eigenvalue weighted by Gasteiger charge is -2.05. The average molecular weight is 318 g/mol. The molecule has 4 heteroatoms. The molecule has 0 atom stereocenters.